The van der Waals surface area contributed by atoms with E-state index in [9.17, 15) is 0 Å². The zero-order valence-corrected chi connectivity index (χ0v) is 9.08. The second kappa shape index (κ2) is 3.33. The van der Waals surface area contributed by atoms with Crippen LogP contribution in [-0.2, 0) is 9.47 Å². The third-order valence-corrected chi connectivity index (χ3v) is 2.69. The fraction of sp³-hybridized carbons (Fsp3) is 1.00. The molecule has 4 heteroatoms. The molecule has 1 aliphatic rings. The van der Waals surface area contributed by atoms with Crippen LogP contribution >= 0.6 is 23.2 Å². The summed E-state index contributed by atoms with van der Waals surface area (Å²) in [6, 6.07) is 0. The molecule has 0 radical (unpaired) electrons. The first kappa shape index (κ1) is 10.6. The highest BCUT2D eigenvalue weighted by molar-refractivity contribution is 6.45. The fourth-order valence-corrected chi connectivity index (χ4v) is 1.14. The van der Waals surface area contributed by atoms with Gasteiger partial charge in [0.25, 0.3) is 0 Å². The zero-order valence-electron chi connectivity index (χ0n) is 7.56. The van der Waals surface area contributed by atoms with Gasteiger partial charge in [-0.15, -0.1) is 0 Å². The van der Waals surface area contributed by atoms with Gasteiger partial charge in [0, 0.05) is 5.41 Å². The van der Waals surface area contributed by atoms with E-state index in [1.54, 1.807) is 6.92 Å². The van der Waals surface area contributed by atoms with E-state index in [1.807, 2.05) is 0 Å². The molecule has 1 heterocycles. The molecule has 2 nitrogen and oxygen atoms in total. The van der Waals surface area contributed by atoms with Crippen LogP contribution in [-0.4, -0.2) is 23.8 Å². The van der Waals surface area contributed by atoms with E-state index in [1.165, 1.54) is 0 Å². The summed E-state index contributed by atoms with van der Waals surface area (Å²) >= 11 is 11.4. The number of rotatable bonds is 1. The Labute approximate surface area is 83.1 Å². The van der Waals surface area contributed by atoms with Gasteiger partial charge in [-0.3, -0.25) is 0 Å². The van der Waals surface area contributed by atoms with Crippen LogP contribution in [0.1, 0.15) is 20.8 Å². The third kappa shape index (κ3) is 2.25. The van der Waals surface area contributed by atoms with Crippen molar-refractivity contribution in [2.24, 2.45) is 5.41 Å². The molecule has 72 valence electrons. The van der Waals surface area contributed by atoms with Crippen molar-refractivity contribution in [2.75, 3.05) is 13.2 Å². The van der Waals surface area contributed by atoms with Gasteiger partial charge in [0.1, 0.15) is 0 Å². The predicted molar refractivity (Wildman–Crippen MR) is 49.6 cm³/mol. The summed E-state index contributed by atoms with van der Waals surface area (Å²) in [7, 11) is 0. The first-order chi connectivity index (χ1) is 5.36. The number of alkyl halides is 2. The molecule has 0 spiro atoms. The number of halogens is 2. The van der Waals surface area contributed by atoms with Crippen LogP contribution in [0.2, 0.25) is 0 Å². The molecule has 1 fully saturated rings. The van der Waals surface area contributed by atoms with E-state index < -0.39 is 10.6 Å². The van der Waals surface area contributed by atoms with Gasteiger partial charge >= 0.3 is 0 Å². The van der Waals surface area contributed by atoms with Gasteiger partial charge in [0.2, 0.25) is 0 Å². The van der Waals surface area contributed by atoms with Crippen LogP contribution < -0.4 is 0 Å². The van der Waals surface area contributed by atoms with Crippen LogP contribution in [0, 0.1) is 5.41 Å². The topological polar surface area (TPSA) is 18.5 Å². The van der Waals surface area contributed by atoms with E-state index in [-0.39, 0.29) is 5.41 Å². The molecule has 0 atom stereocenters. The minimum atomic E-state index is -0.835. The maximum absolute atomic E-state index is 5.71. The smallest absolute Gasteiger partial charge is 0.195 e. The Morgan fingerprint density at radius 2 is 1.50 bits per heavy atom. The maximum atomic E-state index is 5.71. The first-order valence-corrected chi connectivity index (χ1v) is 4.79. The molecule has 1 saturated heterocycles. The van der Waals surface area contributed by atoms with Crippen LogP contribution in [0.4, 0.5) is 0 Å². The monoisotopic (exact) mass is 212 g/mol. The lowest BCUT2D eigenvalue weighted by Gasteiger charge is -2.41. The Morgan fingerprint density at radius 3 is 1.83 bits per heavy atom. The second-order valence-corrected chi connectivity index (χ2v) is 5.15. The molecule has 0 aromatic heterocycles. The quantitative estimate of drug-likeness (QED) is 0.623. The Morgan fingerprint density at radius 1 is 1.08 bits per heavy atom. The van der Waals surface area contributed by atoms with E-state index in [4.69, 9.17) is 32.7 Å². The van der Waals surface area contributed by atoms with Crippen LogP contribution in [0.25, 0.3) is 0 Å². The molecular formula is C8H14Cl2O2. The van der Waals surface area contributed by atoms with Crippen molar-refractivity contribution >= 4 is 23.2 Å². The van der Waals surface area contributed by atoms with Crippen molar-refractivity contribution < 1.29 is 9.47 Å². The fourth-order valence-electron chi connectivity index (χ4n) is 0.887. The highest BCUT2D eigenvalue weighted by Crippen LogP contribution is 2.34. The van der Waals surface area contributed by atoms with E-state index in [2.05, 4.69) is 13.8 Å². The van der Waals surface area contributed by atoms with Crippen molar-refractivity contribution in [1.29, 1.82) is 0 Å². The van der Waals surface area contributed by atoms with Crippen LogP contribution in [0.5, 0.6) is 0 Å². The molecule has 0 aromatic rings. The number of ether oxygens (including phenoxy) is 2. The molecule has 0 N–H and O–H groups in total. The third-order valence-electron chi connectivity index (χ3n) is 1.90. The Hall–Kier alpha value is 0.500. The summed E-state index contributed by atoms with van der Waals surface area (Å²) in [5.41, 5.74) is 0.0577. The molecule has 0 unspecified atom stereocenters. The van der Waals surface area contributed by atoms with Crippen molar-refractivity contribution in [1.82, 2.24) is 0 Å². The molecule has 0 aromatic carbocycles. The molecule has 1 aliphatic heterocycles. The van der Waals surface area contributed by atoms with Crippen molar-refractivity contribution in [3.63, 3.8) is 0 Å². The maximum Gasteiger partial charge on any atom is 0.195 e. The largest absolute Gasteiger partial charge is 0.347 e. The Kier molecular flexibility index (Phi) is 2.94. The molecular weight excluding hydrogens is 199 g/mol. The lowest BCUT2D eigenvalue weighted by molar-refractivity contribution is -0.281. The van der Waals surface area contributed by atoms with Crippen molar-refractivity contribution in [3.05, 3.63) is 0 Å². The first-order valence-electron chi connectivity index (χ1n) is 3.92. The summed E-state index contributed by atoms with van der Waals surface area (Å²) in [5.74, 6) is -0.835. The normalized spacial score (nSPS) is 27.5. The molecule has 12 heavy (non-hydrogen) atoms. The number of hydrogen-bond donors (Lipinski definition) is 0. The van der Waals surface area contributed by atoms with E-state index in [0.717, 1.165) is 0 Å². The van der Waals surface area contributed by atoms with Gasteiger partial charge in [-0.1, -0.05) is 37.0 Å². The highest BCUT2D eigenvalue weighted by Gasteiger charge is 2.41. The molecule has 0 saturated carbocycles. The number of hydrogen-bond acceptors (Lipinski definition) is 2. The zero-order chi connectivity index (χ0) is 9.41. The van der Waals surface area contributed by atoms with E-state index >= 15 is 0 Å². The van der Waals surface area contributed by atoms with Crippen LogP contribution in [0.15, 0.2) is 0 Å². The summed E-state index contributed by atoms with van der Waals surface area (Å²) in [6.45, 7) is 7.15. The predicted octanol–water partition coefficient (Wildman–Crippen LogP) is 2.58. The standard InChI is InChI=1S/C8H14Cl2O2/c1-7(2)4-11-8(3,6(9)10)12-5-7/h6H,4-5H2,1-3H3. The van der Waals surface area contributed by atoms with Crippen LogP contribution in [0.3, 0.4) is 0 Å². The second-order valence-electron chi connectivity index (χ2n) is 4.06. The highest BCUT2D eigenvalue weighted by atomic mass is 35.5. The van der Waals surface area contributed by atoms with Gasteiger partial charge in [0.05, 0.1) is 13.2 Å². The van der Waals surface area contributed by atoms with Gasteiger partial charge in [-0.2, -0.15) is 0 Å². The van der Waals surface area contributed by atoms with Crippen molar-refractivity contribution in [3.8, 4) is 0 Å². The average Bonchev–Trinajstić information content (AvgIpc) is 1.96. The molecule has 0 amide bonds. The molecule has 0 aliphatic carbocycles. The van der Waals surface area contributed by atoms with Gasteiger partial charge < -0.3 is 9.47 Å². The van der Waals surface area contributed by atoms with Gasteiger partial charge in [0.15, 0.2) is 10.6 Å². The average molecular weight is 213 g/mol. The summed E-state index contributed by atoms with van der Waals surface area (Å²) in [4.78, 5) is -0.645. The van der Waals surface area contributed by atoms with E-state index in [0.29, 0.717) is 13.2 Å². The Bertz CT molecular complexity index is 158. The summed E-state index contributed by atoms with van der Waals surface area (Å²) in [6.07, 6.45) is 0. The van der Waals surface area contributed by atoms with Crippen molar-refractivity contribution in [2.45, 2.75) is 31.4 Å². The lowest BCUT2D eigenvalue weighted by Crippen LogP contribution is -2.49. The Balaban J connectivity index is 2.55. The SMILES string of the molecule is CC1(C)COC(C)(C(Cl)Cl)OC1. The lowest BCUT2D eigenvalue weighted by atomic mass is 9.95. The summed E-state index contributed by atoms with van der Waals surface area (Å²) in [5, 5.41) is 0. The van der Waals surface area contributed by atoms with Gasteiger partial charge in [-0.05, 0) is 6.92 Å². The minimum Gasteiger partial charge on any atom is -0.347 e. The summed E-state index contributed by atoms with van der Waals surface area (Å²) < 4.78 is 10.9. The van der Waals surface area contributed by atoms with Gasteiger partial charge in [-0.25, -0.2) is 0 Å². The molecule has 1 rings (SSSR count). The minimum absolute atomic E-state index is 0.0577. The molecule has 0 bridgehead atoms.